The normalized spacial score (nSPS) is 15.4. The Kier molecular flexibility index (Phi) is 3.57. The van der Waals surface area contributed by atoms with Crippen LogP contribution in [0.5, 0.6) is 0 Å². The highest BCUT2D eigenvalue weighted by atomic mass is 32.1. The van der Waals surface area contributed by atoms with Crippen LogP contribution in [-0.4, -0.2) is 46.1 Å². The summed E-state index contributed by atoms with van der Waals surface area (Å²) < 4.78 is 1.19. The highest BCUT2D eigenvalue weighted by molar-refractivity contribution is 7.22. The van der Waals surface area contributed by atoms with Crippen LogP contribution in [0.1, 0.15) is 11.3 Å². The van der Waals surface area contributed by atoms with Crippen LogP contribution in [-0.2, 0) is 0 Å². The van der Waals surface area contributed by atoms with Crippen LogP contribution >= 0.6 is 11.3 Å². The number of aromatic nitrogens is 4. The molecule has 1 saturated heterocycles. The molecule has 6 nitrogen and oxygen atoms in total. The van der Waals surface area contributed by atoms with Crippen LogP contribution in [0.15, 0.2) is 24.8 Å². The van der Waals surface area contributed by atoms with Crippen LogP contribution in [0.25, 0.3) is 10.2 Å². The summed E-state index contributed by atoms with van der Waals surface area (Å²) in [5, 5.41) is 1.09. The van der Waals surface area contributed by atoms with Crippen LogP contribution in [0.3, 0.4) is 0 Å². The number of anilines is 2. The molecule has 23 heavy (non-hydrogen) atoms. The van der Waals surface area contributed by atoms with Gasteiger partial charge < -0.3 is 9.80 Å². The van der Waals surface area contributed by atoms with Gasteiger partial charge in [0.25, 0.3) is 0 Å². The Bertz CT molecular complexity index is 804. The second-order valence-electron chi connectivity index (χ2n) is 5.72. The average Bonchev–Trinajstić information content (AvgIpc) is 3.02. The SMILES string of the molecule is Cc1ncnc(N2CCN(c3nc4cnccc4s3)CC2)c1C. The molecule has 3 aromatic heterocycles. The summed E-state index contributed by atoms with van der Waals surface area (Å²) in [6.07, 6.45) is 5.31. The first-order chi connectivity index (χ1) is 11.2. The largest absolute Gasteiger partial charge is 0.353 e. The van der Waals surface area contributed by atoms with Crippen molar-refractivity contribution in [1.29, 1.82) is 0 Å². The fourth-order valence-corrected chi connectivity index (χ4v) is 3.84. The van der Waals surface area contributed by atoms with E-state index in [1.807, 2.05) is 25.4 Å². The zero-order chi connectivity index (χ0) is 15.8. The second-order valence-corrected chi connectivity index (χ2v) is 6.73. The summed E-state index contributed by atoms with van der Waals surface area (Å²) in [6, 6.07) is 2.03. The summed E-state index contributed by atoms with van der Waals surface area (Å²) in [5.41, 5.74) is 3.21. The van der Waals surface area contributed by atoms with Crippen LogP contribution in [0.2, 0.25) is 0 Å². The van der Waals surface area contributed by atoms with Gasteiger partial charge in [0.05, 0.1) is 10.9 Å². The number of fused-ring (bicyclic) bond motifs is 1. The number of thiazole rings is 1. The highest BCUT2D eigenvalue weighted by Crippen LogP contribution is 2.29. The van der Waals surface area contributed by atoms with Crippen molar-refractivity contribution in [2.45, 2.75) is 13.8 Å². The number of rotatable bonds is 2. The lowest BCUT2D eigenvalue weighted by molar-refractivity contribution is 0.643. The highest BCUT2D eigenvalue weighted by Gasteiger charge is 2.22. The second kappa shape index (κ2) is 5.73. The quantitative estimate of drug-likeness (QED) is 0.721. The van der Waals surface area contributed by atoms with Crippen LogP contribution < -0.4 is 9.80 Å². The van der Waals surface area contributed by atoms with Crippen molar-refractivity contribution in [3.05, 3.63) is 36.0 Å². The van der Waals surface area contributed by atoms with E-state index in [9.17, 15) is 0 Å². The molecule has 0 atom stereocenters. The molecular weight excluding hydrogens is 308 g/mol. The summed E-state index contributed by atoms with van der Waals surface area (Å²) in [6.45, 7) is 7.94. The van der Waals surface area contributed by atoms with Crippen LogP contribution in [0.4, 0.5) is 10.9 Å². The summed E-state index contributed by atoms with van der Waals surface area (Å²) >= 11 is 1.74. The number of hydrogen-bond acceptors (Lipinski definition) is 7. The smallest absolute Gasteiger partial charge is 0.186 e. The van der Waals surface area contributed by atoms with Gasteiger partial charge in [0, 0.05) is 43.6 Å². The van der Waals surface area contributed by atoms with Gasteiger partial charge >= 0.3 is 0 Å². The van der Waals surface area contributed by atoms with Crippen molar-refractivity contribution in [3.8, 4) is 0 Å². The Morgan fingerprint density at radius 3 is 2.61 bits per heavy atom. The molecule has 0 saturated carbocycles. The summed E-state index contributed by atoms with van der Waals surface area (Å²) in [7, 11) is 0. The lowest BCUT2D eigenvalue weighted by atomic mass is 10.2. The van der Waals surface area contributed by atoms with Crippen molar-refractivity contribution in [1.82, 2.24) is 19.9 Å². The van der Waals surface area contributed by atoms with Crippen molar-refractivity contribution in [3.63, 3.8) is 0 Å². The zero-order valence-corrected chi connectivity index (χ0v) is 14.0. The Morgan fingerprint density at radius 1 is 1.04 bits per heavy atom. The van der Waals surface area contributed by atoms with Gasteiger partial charge in [-0.1, -0.05) is 11.3 Å². The maximum Gasteiger partial charge on any atom is 0.186 e. The van der Waals surface area contributed by atoms with E-state index in [-0.39, 0.29) is 0 Å². The topological polar surface area (TPSA) is 58.0 Å². The van der Waals surface area contributed by atoms with E-state index in [2.05, 4.69) is 31.7 Å². The molecule has 0 N–H and O–H groups in total. The molecule has 0 amide bonds. The fourth-order valence-electron chi connectivity index (χ4n) is 2.86. The first-order valence-electron chi connectivity index (χ1n) is 7.71. The standard InChI is InChI=1S/C16H18N6S/c1-11-12(2)18-10-19-15(11)21-5-7-22(8-6-21)16-20-13-9-17-4-3-14(13)23-16/h3-4,9-10H,5-8H2,1-2H3. The number of nitrogens with zero attached hydrogens (tertiary/aromatic N) is 6. The molecule has 7 heteroatoms. The Hall–Kier alpha value is -2.28. The molecule has 4 rings (SSSR count). The third kappa shape index (κ3) is 2.61. The summed E-state index contributed by atoms with van der Waals surface area (Å²) in [4.78, 5) is 22.3. The number of hydrogen-bond donors (Lipinski definition) is 0. The fraction of sp³-hybridized carbons (Fsp3) is 0.375. The Labute approximate surface area is 138 Å². The predicted octanol–water partition coefficient (Wildman–Crippen LogP) is 2.42. The minimum atomic E-state index is 0.950. The zero-order valence-electron chi connectivity index (χ0n) is 13.2. The lowest BCUT2D eigenvalue weighted by Crippen LogP contribution is -2.47. The molecule has 4 heterocycles. The maximum atomic E-state index is 4.70. The minimum Gasteiger partial charge on any atom is -0.353 e. The summed E-state index contributed by atoms with van der Waals surface area (Å²) in [5.74, 6) is 1.06. The number of piperazine rings is 1. The molecule has 0 radical (unpaired) electrons. The van der Waals surface area contributed by atoms with E-state index in [0.29, 0.717) is 0 Å². The number of aryl methyl sites for hydroxylation is 1. The van der Waals surface area contributed by atoms with Gasteiger partial charge in [-0.3, -0.25) is 4.98 Å². The maximum absolute atomic E-state index is 4.70. The van der Waals surface area contributed by atoms with Gasteiger partial charge in [-0.25, -0.2) is 15.0 Å². The van der Waals surface area contributed by atoms with E-state index in [1.165, 1.54) is 10.3 Å². The van der Waals surface area contributed by atoms with E-state index < -0.39 is 0 Å². The van der Waals surface area contributed by atoms with Gasteiger partial charge in [0.15, 0.2) is 5.13 Å². The molecule has 1 aliphatic heterocycles. The molecule has 0 spiro atoms. The van der Waals surface area contributed by atoms with Gasteiger partial charge in [0.1, 0.15) is 17.7 Å². The molecule has 0 bridgehead atoms. The molecular formula is C16H18N6S. The van der Waals surface area contributed by atoms with Gasteiger partial charge in [-0.05, 0) is 19.9 Å². The van der Waals surface area contributed by atoms with E-state index in [4.69, 9.17) is 4.98 Å². The van der Waals surface area contributed by atoms with E-state index in [0.717, 1.165) is 48.3 Å². The molecule has 3 aromatic rings. The first kappa shape index (κ1) is 14.3. The van der Waals surface area contributed by atoms with Crippen molar-refractivity contribution in [2.24, 2.45) is 0 Å². The minimum absolute atomic E-state index is 0.950. The van der Waals surface area contributed by atoms with Crippen molar-refractivity contribution >= 4 is 32.5 Å². The van der Waals surface area contributed by atoms with Gasteiger partial charge in [0.2, 0.25) is 0 Å². The van der Waals surface area contributed by atoms with Gasteiger partial charge in [-0.15, -0.1) is 0 Å². The third-order valence-corrected chi connectivity index (χ3v) is 5.44. The molecule has 1 aliphatic rings. The Balaban J connectivity index is 1.51. The number of pyridine rings is 1. The Morgan fingerprint density at radius 2 is 1.83 bits per heavy atom. The third-order valence-electron chi connectivity index (χ3n) is 4.34. The predicted molar refractivity (Wildman–Crippen MR) is 93.3 cm³/mol. The average molecular weight is 326 g/mol. The molecule has 0 aliphatic carbocycles. The van der Waals surface area contributed by atoms with Crippen molar-refractivity contribution < 1.29 is 0 Å². The molecule has 1 fully saturated rings. The monoisotopic (exact) mass is 326 g/mol. The molecule has 0 unspecified atom stereocenters. The molecule has 118 valence electrons. The van der Waals surface area contributed by atoms with E-state index >= 15 is 0 Å². The molecule has 0 aromatic carbocycles. The van der Waals surface area contributed by atoms with Gasteiger partial charge in [-0.2, -0.15) is 0 Å². The van der Waals surface area contributed by atoms with Crippen molar-refractivity contribution in [2.75, 3.05) is 36.0 Å². The van der Waals surface area contributed by atoms with E-state index in [1.54, 1.807) is 17.7 Å². The first-order valence-corrected chi connectivity index (χ1v) is 8.52. The van der Waals surface area contributed by atoms with Crippen LogP contribution in [0, 0.1) is 13.8 Å². The lowest BCUT2D eigenvalue weighted by Gasteiger charge is -2.35.